The third kappa shape index (κ3) is 6.19. The average molecular weight is 916 g/mol. The van der Waals surface area contributed by atoms with E-state index >= 15 is 0 Å². The summed E-state index contributed by atoms with van der Waals surface area (Å²) in [7, 11) is 0. The normalized spacial score (nSPS) is 14.3. The first-order valence-electron chi connectivity index (χ1n) is 24.7. The maximum absolute atomic E-state index is 7.16. The highest BCUT2D eigenvalue weighted by molar-refractivity contribution is 7.99. The lowest BCUT2D eigenvalue weighted by Crippen LogP contribution is -2.61. The second kappa shape index (κ2) is 14.1. The number of pyridine rings is 1. The van der Waals surface area contributed by atoms with Gasteiger partial charge in [0.15, 0.2) is 0 Å². The summed E-state index contributed by atoms with van der Waals surface area (Å²) in [5.74, 6) is 0. The van der Waals surface area contributed by atoms with Gasteiger partial charge < -0.3 is 13.9 Å². The van der Waals surface area contributed by atoms with Gasteiger partial charge in [-0.15, -0.1) is 0 Å². The van der Waals surface area contributed by atoms with E-state index in [1.807, 2.05) is 30.1 Å². The molecule has 0 aliphatic carbocycles. The molecule has 3 aromatic heterocycles. The van der Waals surface area contributed by atoms with Crippen molar-refractivity contribution in [1.82, 2.24) is 9.55 Å². The molecule has 0 saturated carbocycles. The monoisotopic (exact) mass is 915 g/mol. The van der Waals surface area contributed by atoms with Gasteiger partial charge in [-0.25, -0.2) is 0 Å². The number of aromatic nitrogens is 2. The predicted octanol–water partition coefficient (Wildman–Crippen LogP) is 15.7. The fourth-order valence-electron chi connectivity index (χ4n) is 11.6. The van der Waals surface area contributed by atoms with E-state index in [0.29, 0.717) is 0 Å². The third-order valence-electron chi connectivity index (χ3n) is 15.4. The maximum atomic E-state index is 7.16. The highest BCUT2D eigenvalue weighted by Gasteiger charge is 2.46. The molecule has 340 valence electrons. The number of furan rings is 1. The lowest BCUT2D eigenvalue weighted by Gasteiger charge is -2.45. The fourth-order valence-corrected chi connectivity index (χ4v) is 12.8. The van der Waals surface area contributed by atoms with Crippen molar-refractivity contribution in [1.29, 1.82) is 0 Å². The molecule has 7 aromatic carbocycles. The molecule has 0 spiro atoms. The largest absolute Gasteiger partial charge is 0.455 e. The molecular formula is C63H58BN3OS. The van der Waals surface area contributed by atoms with Crippen molar-refractivity contribution < 1.29 is 4.42 Å². The van der Waals surface area contributed by atoms with Crippen LogP contribution < -0.4 is 21.3 Å². The lowest BCUT2D eigenvalue weighted by atomic mass is 9.33. The van der Waals surface area contributed by atoms with Gasteiger partial charge in [-0.2, -0.15) is 0 Å². The van der Waals surface area contributed by atoms with Gasteiger partial charge in [0, 0.05) is 65.6 Å². The number of fused-ring (bicyclic) bond motifs is 12. The number of nitrogens with zero attached hydrogens (tertiary/aromatic N) is 3. The summed E-state index contributed by atoms with van der Waals surface area (Å²) in [6.45, 7) is 28.2. The van der Waals surface area contributed by atoms with Crippen LogP contribution in [-0.4, -0.2) is 16.3 Å². The van der Waals surface area contributed by atoms with Crippen LogP contribution in [0.1, 0.15) is 105 Å². The zero-order valence-corrected chi connectivity index (χ0v) is 42.8. The van der Waals surface area contributed by atoms with Gasteiger partial charge in [0.2, 0.25) is 0 Å². The van der Waals surface area contributed by atoms with Crippen LogP contribution in [0, 0.1) is 0 Å². The second-order valence-electron chi connectivity index (χ2n) is 24.1. The molecule has 0 saturated heterocycles. The Morgan fingerprint density at radius 2 is 1.10 bits per heavy atom. The minimum absolute atomic E-state index is 0.000953. The summed E-state index contributed by atoms with van der Waals surface area (Å²) in [5.41, 5.74) is 22.8. The van der Waals surface area contributed by atoms with Crippen molar-refractivity contribution in [2.75, 3.05) is 4.90 Å². The molecule has 0 radical (unpaired) electrons. The standard InChI is InChI=1S/C63H58BN3OS/c1-60(2,3)36-22-24-49-44(29-36)45-30-38(62(7,8)9)31-46-56(45)66(49)51-27-35(40-17-15-18-41-42-19-16-20-43(59(42)68-58(40)41)48-21-13-14-26-65-48)28-52-55(51)64(46)47-32-39(63(10,11)12)34-54-57(47)67(52)50-25-23-37(61(4,5)6)33-53(50)69-54/h13-34H,1-12H3. The van der Waals surface area contributed by atoms with E-state index < -0.39 is 0 Å². The van der Waals surface area contributed by atoms with Crippen molar-refractivity contribution >= 4 is 95.7 Å². The number of para-hydroxylation sites is 2. The molecule has 69 heavy (non-hydrogen) atoms. The Bertz CT molecular complexity index is 3860. The zero-order valence-electron chi connectivity index (χ0n) is 41.9. The molecule has 0 fully saturated rings. The van der Waals surface area contributed by atoms with Crippen molar-refractivity contribution in [3.63, 3.8) is 0 Å². The summed E-state index contributed by atoms with van der Waals surface area (Å²) in [6, 6.07) is 48.9. The van der Waals surface area contributed by atoms with Crippen LogP contribution >= 0.6 is 11.8 Å². The molecule has 0 amide bonds. The van der Waals surface area contributed by atoms with Crippen LogP contribution in [0.25, 0.3) is 71.8 Å². The number of benzene rings is 7. The van der Waals surface area contributed by atoms with Crippen LogP contribution in [-0.2, 0) is 21.7 Å². The molecule has 6 heteroatoms. The molecular weight excluding hydrogens is 858 g/mol. The number of hydrogen-bond acceptors (Lipinski definition) is 4. The Kier molecular flexibility index (Phi) is 8.69. The lowest BCUT2D eigenvalue weighted by molar-refractivity contribution is 0.588. The van der Waals surface area contributed by atoms with E-state index in [0.717, 1.165) is 44.3 Å². The third-order valence-corrected chi connectivity index (χ3v) is 16.5. The average Bonchev–Trinajstić information content (AvgIpc) is 3.86. The summed E-state index contributed by atoms with van der Waals surface area (Å²) in [5, 5.41) is 4.83. The van der Waals surface area contributed by atoms with E-state index in [4.69, 9.17) is 9.40 Å². The van der Waals surface area contributed by atoms with Crippen LogP contribution in [0.5, 0.6) is 0 Å². The first-order valence-corrected chi connectivity index (χ1v) is 25.5. The summed E-state index contributed by atoms with van der Waals surface area (Å²) >= 11 is 1.95. The molecule has 13 rings (SSSR count). The molecule has 0 unspecified atom stereocenters. The van der Waals surface area contributed by atoms with E-state index in [2.05, 4.69) is 208 Å². The van der Waals surface area contributed by atoms with Gasteiger partial charge in [-0.05, 0) is 133 Å². The van der Waals surface area contributed by atoms with Crippen molar-refractivity contribution in [3.8, 4) is 28.1 Å². The highest BCUT2D eigenvalue weighted by Crippen LogP contribution is 2.55. The van der Waals surface area contributed by atoms with Crippen LogP contribution in [0.4, 0.5) is 17.1 Å². The SMILES string of the molecule is CC(C)(C)c1ccc2c(c1)Sc1cc(C(C)(C)C)cc3c1N2c1cc(-c2cccc4c2oc2c(-c5ccccn5)cccc24)cc2c1B3c1cc(C(C)(C)C)cc3c4cc(C(C)(C)C)ccc4n-2c13. The molecule has 10 aromatic rings. The highest BCUT2D eigenvalue weighted by atomic mass is 32.2. The van der Waals surface area contributed by atoms with E-state index in [1.165, 1.54) is 93.0 Å². The molecule has 3 aliphatic rings. The summed E-state index contributed by atoms with van der Waals surface area (Å²) < 4.78 is 9.79. The molecule has 0 N–H and O–H groups in total. The van der Waals surface area contributed by atoms with E-state index in [-0.39, 0.29) is 28.4 Å². The molecule has 4 nitrogen and oxygen atoms in total. The van der Waals surface area contributed by atoms with Crippen molar-refractivity contribution in [2.45, 2.75) is 115 Å². The first kappa shape index (κ1) is 42.6. The van der Waals surface area contributed by atoms with Gasteiger partial charge in [-0.1, -0.05) is 156 Å². The van der Waals surface area contributed by atoms with Crippen molar-refractivity contribution in [2.24, 2.45) is 0 Å². The molecule has 6 heterocycles. The minimum Gasteiger partial charge on any atom is -0.455 e. The minimum atomic E-state index is -0.0671. The summed E-state index contributed by atoms with van der Waals surface area (Å²) in [6.07, 6.45) is 1.86. The first-order chi connectivity index (χ1) is 32.7. The van der Waals surface area contributed by atoms with Gasteiger partial charge in [0.1, 0.15) is 11.2 Å². The van der Waals surface area contributed by atoms with Crippen molar-refractivity contribution in [3.05, 3.63) is 156 Å². The smallest absolute Gasteiger partial charge is 0.252 e. The van der Waals surface area contributed by atoms with Crippen LogP contribution in [0.15, 0.2) is 148 Å². The maximum Gasteiger partial charge on any atom is 0.252 e. The molecule has 3 aliphatic heterocycles. The molecule has 0 bridgehead atoms. The van der Waals surface area contributed by atoms with Crippen LogP contribution in [0.2, 0.25) is 0 Å². The zero-order chi connectivity index (χ0) is 47.8. The van der Waals surface area contributed by atoms with Gasteiger partial charge in [0.05, 0.1) is 22.6 Å². The number of rotatable bonds is 2. The topological polar surface area (TPSA) is 34.2 Å². The van der Waals surface area contributed by atoms with Gasteiger partial charge >= 0.3 is 0 Å². The van der Waals surface area contributed by atoms with E-state index in [1.54, 1.807) is 0 Å². The Morgan fingerprint density at radius 1 is 0.493 bits per heavy atom. The Labute approximate surface area is 410 Å². The van der Waals surface area contributed by atoms with Gasteiger partial charge in [-0.3, -0.25) is 4.98 Å². The Morgan fingerprint density at radius 3 is 1.80 bits per heavy atom. The molecule has 0 atom stereocenters. The predicted molar refractivity (Wildman–Crippen MR) is 295 cm³/mol. The number of anilines is 3. The second-order valence-corrected chi connectivity index (χ2v) is 25.2. The Balaban J connectivity index is 1.19. The quantitative estimate of drug-likeness (QED) is 0.162. The van der Waals surface area contributed by atoms with Crippen LogP contribution in [0.3, 0.4) is 0 Å². The van der Waals surface area contributed by atoms with Gasteiger partial charge in [0.25, 0.3) is 6.71 Å². The fraction of sp³-hybridized carbons (Fsp3) is 0.254. The Hall–Kier alpha value is -6.50. The summed E-state index contributed by atoms with van der Waals surface area (Å²) in [4.78, 5) is 10.0. The number of hydrogen-bond donors (Lipinski definition) is 0. The van der Waals surface area contributed by atoms with E-state index in [9.17, 15) is 0 Å².